The lowest BCUT2D eigenvalue weighted by Gasteiger charge is -2.28. The van der Waals surface area contributed by atoms with Crippen LogP contribution >= 0.6 is 0 Å². The molecule has 1 saturated carbocycles. The number of aliphatic hydroxyl groups excluding tert-OH is 2. The van der Waals surface area contributed by atoms with E-state index in [-0.39, 0.29) is 17.9 Å². The van der Waals surface area contributed by atoms with Crippen molar-refractivity contribution in [3.63, 3.8) is 0 Å². The third kappa shape index (κ3) is 2.26. The molecular formula is C15H24O3. The Kier molecular flexibility index (Phi) is 3.65. The molecule has 2 rings (SSSR count). The minimum absolute atomic E-state index is 0.151. The average Bonchev–Trinajstić information content (AvgIpc) is 2.60. The lowest BCUT2D eigenvalue weighted by Crippen LogP contribution is -2.34. The van der Waals surface area contributed by atoms with Gasteiger partial charge in [-0.25, -0.2) is 0 Å². The summed E-state index contributed by atoms with van der Waals surface area (Å²) in [6, 6.07) is 0. The predicted octanol–water partition coefficient (Wildman–Crippen LogP) is 1.78. The van der Waals surface area contributed by atoms with Crippen molar-refractivity contribution >= 4 is 6.29 Å². The molecule has 0 aromatic carbocycles. The van der Waals surface area contributed by atoms with Crippen LogP contribution in [0.5, 0.6) is 0 Å². The van der Waals surface area contributed by atoms with Gasteiger partial charge in [0.2, 0.25) is 0 Å². The summed E-state index contributed by atoms with van der Waals surface area (Å²) in [5.74, 6) is 0.499. The average molecular weight is 252 g/mol. The lowest BCUT2D eigenvalue weighted by atomic mass is 9.81. The molecule has 102 valence electrons. The molecule has 0 aromatic rings. The van der Waals surface area contributed by atoms with E-state index in [0.29, 0.717) is 17.4 Å². The lowest BCUT2D eigenvalue weighted by molar-refractivity contribution is -0.106. The molecule has 2 aliphatic carbocycles. The highest BCUT2D eigenvalue weighted by molar-refractivity contribution is 5.74. The Hall–Kier alpha value is -0.670. The third-order valence-corrected chi connectivity index (χ3v) is 4.87. The second-order valence-electron chi connectivity index (χ2n) is 6.82. The van der Waals surface area contributed by atoms with E-state index in [1.54, 1.807) is 0 Å². The molecule has 2 N–H and O–H groups in total. The minimum Gasteiger partial charge on any atom is -0.396 e. The maximum Gasteiger partial charge on any atom is 0.146 e. The number of rotatable bonds is 2. The van der Waals surface area contributed by atoms with Gasteiger partial charge in [0.05, 0.1) is 12.7 Å². The zero-order valence-corrected chi connectivity index (χ0v) is 11.5. The minimum atomic E-state index is -0.594. The van der Waals surface area contributed by atoms with Gasteiger partial charge in [-0.05, 0) is 41.6 Å². The van der Waals surface area contributed by atoms with Crippen LogP contribution < -0.4 is 0 Å². The van der Waals surface area contributed by atoms with Crippen LogP contribution in [0.3, 0.4) is 0 Å². The second kappa shape index (κ2) is 4.78. The van der Waals surface area contributed by atoms with Crippen LogP contribution in [0.25, 0.3) is 0 Å². The number of hydrogen-bond donors (Lipinski definition) is 2. The Balaban J connectivity index is 2.36. The molecule has 0 radical (unpaired) electrons. The van der Waals surface area contributed by atoms with E-state index in [0.717, 1.165) is 19.1 Å². The molecule has 3 heteroatoms. The first kappa shape index (κ1) is 13.8. The normalized spacial score (nSPS) is 42.9. The van der Waals surface area contributed by atoms with Crippen LogP contribution in [0.4, 0.5) is 0 Å². The summed E-state index contributed by atoms with van der Waals surface area (Å²) >= 11 is 0. The molecule has 18 heavy (non-hydrogen) atoms. The van der Waals surface area contributed by atoms with E-state index in [1.807, 2.05) is 6.08 Å². The van der Waals surface area contributed by atoms with Gasteiger partial charge in [-0.2, -0.15) is 0 Å². The van der Waals surface area contributed by atoms with Crippen molar-refractivity contribution in [3.05, 3.63) is 11.6 Å². The number of aldehydes is 1. The summed E-state index contributed by atoms with van der Waals surface area (Å²) in [6.45, 7) is 6.44. The quantitative estimate of drug-likeness (QED) is 0.737. The van der Waals surface area contributed by atoms with Gasteiger partial charge in [0.1, 0.15) is 6.29 Å². The molecule has 0 aromatic heterocycles. The molecule has 1 fully saturated rings. The van der Waals surface area contributed by atoms with Crippen LogP contribution in [-0.2, 0) is 4.79 Å². The van der Waals surface area contributed by atoms with Gasteiger partial charge >= 0.3 is 0 Å². The van der Waals surface area contributed by atoms with E-state index in [1.165, 1.54) is 0 Å². The highest BCUT2D eigenvalue weighted by atomic mass is 16.3. The van der Waals surface area contributed by atoms with E-state index in [4.69, 9.17) is 0 Å². The topological polar surface area (TPSA) is 57.5 Å². The van der Waals surface area contributed by atoms with Crippen molar-refractivity contribution in [1.82, 2.24) is 0 Å². The van der Waals surface area contributed by atoms with Gasteiger partial charge in [0, 0.05) is 5.92 Å². The fourth-order valence-electron chi connectivity index (χ4n) is 4.00. The molecule has 0 heterocycles. The highest BCUT2D eigenvalue weighted by Crippen LogP contribution is 2.52. The molecule has 3 nitrogen and oxygen atoms in total. The Morgan fingerprint density at radius 2 is 2.00 bits per heavy atom. The SMILES string of the molecule is CC1C=C(C=O)C(CO)C(O)C2CC(C)(C)CC12. The van der Waals surface area contributed by atoms with Crippen LogP contribution in [0.1, 0.15) is 33.6 Å². The van der Waals surface area contributed by atoms with Crippen molar-refractivity contribution in [2.75, 3.05) is 6.61 Å². The summed E-state index contributed by atoms with van der Waals surface area (Å²) in [6.07, 6.45) is 4.22. The zero-order valence-electron chi connectivity index (χ0n) is 11.5. The summed E-state index contributed by atoms with van der Waals surface area (Å²) in [5.41, 5.74) is 0.821. The van der Waals surface area contributed by atoms with Gasteiger partial charge < -0.3 is 10.2 Å². The molecule has 5 atom stereocenters. The monoisotopic (exact) mass is 252 g/mol. The van der Waals surface area contributed by atoms with Crippen molar-refractivity contribution in [2.24, 2.45) is 29.1 Å². The standard InChI is InChI=1S/C15H24O3/c1-9-4-10(7-16)13(8-17)14(18)12-6-15(2,3)5-11(9)12/h4,7,9,11-14,17-18H,5-6,8H2,1-3H3. The van der Waals surface area contributed by atoms with Crippen LogP contribution in [0.15, 0.2) is 11.6 Å². The number of carbonyl (C=O) groups is 1. The van der Waals surface area contributed by atoms with Gasteiger partial charge in [-0.1, -0.05) is 26.8 Å². The van der Waals surface area contributed by atoms with Crippen LogP contribution in [0.2, 0.25) is 0 Å². The highest BCUT2D eigenvalue weighted by Gasteiger charge is 2.48. The van der Waals surface area contributed by atoms with E-state index >= 15 is 0 Å². The van der Waals surface area contributed by atoms with Crippen LogP contribution in [-0.4, -0.2) is 29.2 Å². The Labute approximate surface area is 109 Å². The summed E-state index contributed by atoms with van der Waals surface area (Å²) in [5, 5.41) is 20.0. The number of aliphatic hydroxyl groups is 2. The smallest absolute Gasteiger partial charge is 0.146 e. The maximum atomic E-state index is 11.1. The van der Waals surface area contributed by atoms with Crippen molar-refractivity contribution in [2.45, 2.75) is 39.7 Å². The summed E-state index contributed by atoms with van der Waals surface area (Å²) in [4.78, 5) is 11.1. The van der Waals surface area contributed by atoms with Crippen molar-refractivity contribution in [3.8, 4) is 0 Å². The molecule has 0 saturated heterocycles. The fourth-order valence-corrected chi connectivity index (χ4v) is 4.00. The Bertz CT molecular complexity index is 359. The second-order valence-corrected chi connectivity index (χ2v) is 6.82. The van der Waals surface area contributed by atoms with Gasteiger partial charge in [-0.3, -0.25) is 4.79 Å². The Morgan fingerprint density at radius 3 is 2.56 bits per heavy atom. The molecule has 0 aliphatic heterocycles. The molecule has 5 unspecified atom stereocenters. The fraction of sp³-hybridized carbons (Fsp3) is 0.800. The zero-order chi connectivity index (χ0) is 13.5. The third-order valence-electron chi connectivity index (χ3n) is 4.87. The van der Waals surface area contributed by atoms with Gasteiger partial charge in [0.25, 0.3) is 0 Å². The molecule has 0 amide bonds. The van der Waals surface area contributed by atoms with E-state index < -0.39 is 12.0 Å². The summed E-state index contributed by atoms with van der Waals surface area (Å²) < 4.78 is 0. The first-order valence-electron chi connectivity index (χ1n) is 6.85. The number of fused-ring (bicyclic) bond motifs is 1. The van der Waals surface area contributed by atoms with Gasteiger partial charge in [-0.15, -0.1) is 0 Å². The molecular weight excluding hydrogens is 228 g/mol. The largest absolute Gasteiger partial charge is 0.396 e. The maximum absolute atomic E-state index is 11.1. The molecule has 0 bridgehead atoms. The first-order valence-corrected chi connectivity index (χ1v) is 6.85. The van der Waals surface area contributed by atoms with E-state index in [9.17, 15) is 15.0 Å². The summed E-state index contributed by atoms with van der Waals surface area (Å²) in [7, 11) is 0. The Morgan fingerprint density at radius 1 is 1.39 bits per heavy atom. The molecule has 2 aliphatic rings. The number of carbonyl (C=O) groups excluding carboxylic acids is 1. The van der Waals surface area contributed by atoms with Crippen LogP contribution in [0, 0.1) is 29.1 Å². The van der Waals surface area contributed by atoms with Crippen molar-refractivity contribution < 1.29 is 15.0 Å². The first-order chi connectivity index (χ1) is 8.39. The van der Waals surface area contributed by atoms with Gasteiger partial charge in [0.15, 0.2) is 0 Å². The molecule has 0 spiro atoms. The number of allylic oxidation sites excluding steroid dienone is 1. The number of hydrogen-bond acceptors (Lipinski definition) is 3. The predicted molar refractivity (Wildman–Crippen MR) is 69.9 cm³/mol. The van der Waals surface area contributed by atoms with E-state index in [2.05, 4.69) is 20.8 Å². The van der Waals surface area contributed by atoms with Crippen molar-refractivity contribution in [1.29, 1.82) is 0 Å².